The average molecular weight is 1800 g/mol. The average Bonchev–Trinajstić information content (AvgIpc) is 0.954. The molecule has 0 unspecified atom stereocenters. The Hall–Kier alpha value is -10.1. The van der Waals surface area contributed by atoms with E-state index in [1.807, 2.05) is 30.3 Å². The Morgan fingerprint density at radius 3 is 1.43 bits per heavy atom. The van der Waals surface area contributed by atoms with Crippen LogP contribution in [0.2, 0.25) is 0 Å². The van der Waals surface area contributed by atoms with Gasteiger partial charge in [-0.3, -0.25) is 77.5 Å². The van der Waals surface area contributed by atoms with Crippen LogP contribution in [-0.4, -0.2) is 356 Å². The highest BCUT2D eigenvalue weighted by atomic mass is 33.1. The van der Waals surface area contributed by atoms with Gasteiger partial charge in [0.05, 0.1) is 124 Å². The lowest BCUT2D eigenvalue weighted by atomic mass is 10.0. The maximum Gasteiger partial charge on any atom is 0.409 e. The number of unbranched alkanes of at least 4 members (excludes halogenated alkanes) is 1. The summed E-state index contributed by atoms with van der Waals surface area (Å²) < 4.78 is 59.1. The largest absolute Gasteiger partial charge is 0.481 e. The number of guanidine groups is 1. The Morgan fingerprint density at radius 1 is 0.455 bits per heavy atom. The van der Waals surface area contributed by atoms with Crippen molar-refractivity contribution in [3.63, 3.8) is 0 Å². The van der Waals surface area contributed by atoms with Gasteiger partial charge >= 0.3 is 12.1 Å². The van der Waals surface area contributed by atoms with E-state index in [4.69, 9.17) is 69.0 Å². The molecular weight excluding hydrogens is 1680 g/mol. The number of nitrogens with zero attached hydrogens (tertiary/aromatic N) is 1. The summed E-state index contributed by atoms with van der Waals surface area (Å²) in [6.45, 7) is 1.41. The molecule has 7 atom stereocenters. The van der Waals surface area contributed by atoms with Crippen molar-refractivity contribution in [1.82, 2.24) is 74.4 Å². The van der Waals surface area contributed by atoms with Crippen LogP contribution in [0.15, 0.2) is 65.7 Å². The van der Waals surface area contributed by atoms with Gasteiger partial charge in [-0.05, 0) is 43.2 Å². The number of carbonyl (C=O) groups excluding carboxylic acids is 14. The van der Waals surface area contributed by atoms with E-state index in [0.29, 0.717) is 45.2 Å². The first-order chi connectivity index (χ1) is 59.4. The molecule has 14 amide bonds. The molecule has 2 aromatic rings. The molecule has 2 fully saturated rings. The molecule has 2 aliphatic heterocycles. The van der Waals surface area contributed by atoms with Crippen LogP contribution in [0, 0.1) is 5.41 Å². The third-order valence-corrected chi connectivity index (χ3v) is 20.0. The van der Waals surface area contributed by atoms with Gasteiger partial charge in [-0.15, -0.1) is 11.8 Å². The Kier molecular flexibility index (Phi) is 56.8. The molecule has 2 heterocycles. The molecule has 2 bridgehead atoms. The number of primary amides is 1. The van der Waals surface area contributed by atoms with E-state index in [2.05, 4.69) is 79.4 Å². The zero-order valence-electron chi connectivity index (χ0n) is 68.4. The second kappa shape index (κ2) is 66.4. The molecular formula is C75H116N18O27S3. The molecule has 2 saturated heterocycles. The summed E-state index contributed by atoms with van der Waals surface area (Å²) >= 11 is 0.866. The highest BCUT2D eigenvalue weighted by Gasteiger charge is 2.36. The van der Waals surface area contributed by atoms with Gasteiger partial charge in [0.1, 0.15) is 68.7 Å². The monoisotopic (exact) mass is 1800 g/mol. The summed E-state index contributed by atoms with van der Waals surface area (Å²) in [6.07, 6.45) is -0.0174. The minimum atomic E-state index is -1.85. The number of amides is 14. The second-order valence-electron chi connectivity index (χ2n) is 26.5. The number of carboxylic acids is 1. The van der Waals surface area contributed by atoms with E-state index in [-0.39, 0.29) is 169 Å². The second-order valence-corrected chi connectivity index (χ2v) is 30.1. The number of rotatable bonds is 55. The third kappa shape index (κ3) is 52.8. The van der Waals surface area contributed by atoms with Gasteiger partial charge in [-0.1, -0.05) is 82.3 Å². The van der Waals surface area contributed by atoms with Crippen molar-refractivity contribution in [1.29, 1.82) is 5.41 Å². The van der Waals surface area contributed by atoms with Crippen LogP contribution in [0.5, 0.6) is 0 Å². The van der Waals surface area contributed by atoms with Crippen LogP contribution >= 0.6 is 33.3 Å². The number of nitrogens with one attached hydrogen (secondary N) is 15. The number of hydrogen-bond donors (Lipinski definition) is 18. The number of aliphatic imine (C=N–C) groups is 1. The molecule has 0 aliphatic carbocycles. The fraction of sp³-hybridized carbons (Fsp3) is 0.613. The first-order valence-corrected chi connectivity index (χ1v) is 43.2. The SMILES string of the molecule is N=C(N)NCCC[C@@H]1NC(=O)[C@@H]2CSSC[C@H](NC(=O)[C@H](CC(=O)O)NC(=O)CNC1=O)C(=O)N[C@@H](Cc1ccccc1)C(=O)N[C@H](C(=O)NCCOCCOCCOCCNC(=O)COCC(N)=O)CSCC(=O)N[C@@H](CCCCNC(=O)COCC(=O)NCCOCCOCCOCCOCCOCCNC(=O)OC/N=C/c1ccccc1)C(=O)N2. The number of aliphatic carboxylic acids is 1. The number of carbonyl (C=O) groups is 15. The smallest absolute Gasteiger partial charge is 0.409 e. The number of ether oxygens (including phenoxy) is 11. The molecule has 0 radical (unpaired) electrons. The minimum Gasteiger partial charge on any atom is -0.481 e. The fourth-order valence-corrected chi connectivity index (χ4v) is 13.7. The maximum atomic E-state index is 14.7. The van der Waals surface area contributed by atoms with E-state index < -0.39 is 181 Å². The van der Waals surface area contributed by atoms with Crippen LogP contribution in [-0.2, 0) is 126 Å². The summed E-state index contributed by atoms with van der Waals surface area (Å²) in [4.78, 5) is 204. The van der Waals surface area contributed by atoms with Crippen LogP contribution in [0.3, 0.4) is 0 Å². The molecule has 123 heavy (non-hydrogen) atoms. The van der Waals surface area contributed by atoms with Crippen molar-refractivity contribution in [2.45, 2.75) is 87.2 Å². The van der Waals surface area contributed by atoms with Crippen molar-refractivity contribution in [3.05, 3.63) is 71.8 Å². The lowest BCUT2D eigenvalue weighted by Crippen LogP contribution is -2.60. The Balaban J connectivity index is 1.36. The molecule has 0 spiro atoms. The minimum absolute atomic E-state index is 0.0284. The lowest BCUT2D eigenvalue weighted by molar-refractivity contribution is -0.141. The Morgan fingerprint density at radius 2 is 0.902 bits per heavy atom. The van der Waals surface area contributed by atoms with E-state index in [1.165, 1.54) is 0 Å². The van der Waals surface area contributed by atoms with Gasteiger partial charge in [0.15, 0.2) is 12.7 Å². The van der Waals surface area contributed by atoms with Gasteiger partial charge in [-0.25, -0.2) is 4.79 Å². The van der Waals surface area contributed by atoms with Crippen molar-refractivity contribution < 1.29 is 129 Å². The zero-order valence-corrected chi connectivity index (χ0v) is 70.8. The van der Waals surface area contributed by atoms with E-state index in [1.54, 1.807) is 36.5 Å². The third-order valence-electron chi connectivity index (χ3n) is 16.5. The summed E-state index contributed by atoms with van der Waals surface area (Å²) in [6, 6.07) is 6.92. The molecule has 2 aromatic carbocycles. The number of benzene rings is 2. The first kappa shape index (κ1) is 105. The molecule has 45 nitrogen and oxygen atoms in total. The summed E-state index contributed by atoms with van der Waals surface area (Å²) in [5.74, 6) is -14.1. The van der Waals surface area contributed by atoms with Gasteiger partial charge in [0.2, 0.25) is 76.8 Å². The summed E-state index contributed by atoms with van der Waals surface area (Å²) in [5.41, 5.74) is 11.9. The number of thioether (sulfide) groups is 1. The zero-order chi connectivity index (χ0) is 89.3. The van der Waals surface area contributed by atoms with Gasteiger partial charge < -0.3 is 143 Å². The Labute approximate surface area is 723 Å². The molecule has 48 heteroatoms. The number of fused-ring (bicyclic) bond motifs is 5. The van der Waals surface area contributed by atoms with E-state index in [0.717, 1.165) is 38.9 Å². The van der Waals surface area contributed by atoms with Gasteiger partial charge in [0, 0.05) is 69.2 Å². The first-order valence-electron chi connectivity index (χ1n) is 39.6. The van der Waals surface area contributed by atoms with Crippen molar-refractivity contribution in [3.8, 4) is 0 Å². The highest BCUT2D eigenvalue weighted by molar-refractivity contribution is 8.76. The van der Waals surface area contributed by atoms with Crippen molar-refractivity contribution in [2.24, 2.45) is 16.5 Å². The molecule has 686 valence electrons. The molecule has 20 N–H and O–H groups in total. The number of alkyl carbamates (subject to hydrolysis) is 1. The van der Waals surface area contributed by atoms with Gasteiger partial charge in [-0.2, -0.15) is 0 Å². The van der Waals surface area contributed by atoms with Crippen LogP contribution in [0.25, 0.3) is 0 Å². The summed E-state index contributed by atoms with van der Waals surface area (Å²) in [7, 11) is 1.78. The molecule has 2 aliphatic rings. The summed E-state index contributed by atoms with van der Waals surface area (Å²) in [5, 5.41) is 53.6. The quantitative estimate of drug-likeness (QED) is 0.0127. The fourth-order valence-electron chi connectivity index (χ4n) is 10.5. The normalized spacial score (nSPS) is 18.5. The van der Waals surface area contributed by atoms with E-state index in [9.17, 15) is 77.0 Å². The maximum absolute atomic E-state index is 14.7. The standard InChI is InChI=1S/C75H116N18O27S3/c76-60(94)42-118-43-63(97)81-18-22-110-26-30-114-32-28-112-24-20-83-68(103)57-46-121-49-65(99)87-54(14-7-8-16-80-62(96)44-119-45-64(98)82-19-23-111-27-31-115-34-36-117-37-35-116-33-29-113-25-21-85-75(109)120-50-79-40-52-12-5-2-6-13-52)69(104)92-58-47-122-123-48-59(73(108)90-55(70(105)91-57)38-51-10-3-1-4-11-51)93-71(106)56(39-66(100)101)88-61(95)41-86-67(102)53(89-72(58)107)15-9-17-84-74(77)78/h1-6,10-13,40,53-59H,7-9,14-39,41-50H2,(H2,76,94)(H,80,96)(H,81,97)(H,82,98)(H,83,103)(H,85,109)(H,86,102)(H,87,99)(H,88,95)(H,89,107)(H,90,108)(H,91,105)(H,92,104)(H,93,106)(H,100,101)(H4,77,78,84)/b79-40+/t53-,54-,55-,56-,57-,58-,59-/m0/s1. The Bertz CT molecular complexity index is 3600. The topological polar surface area (TPSA) is 634 Å². The molecule has 0 aromatic heterocycles. The molecule has 4 rings (SSSR count). The van der Waals surface area contributed by atoms with Crippen LogP contribution in [0.4, 0.5) is 4.79 Å². The van der Waals surface area contributed by atoms with Crippen molar-refractivity contribution >= 4 is 134 Å². The van der Waals surface area contributed by atoms with Gasteiger partial charge in [0.25, 0.3) is 0 Å². The number of hydrogen-bond acceptors (Lipinski definition) is 31. The molecule has 0 saturated carbocycles. The predicted molar refractivity (Wildman–Crippen MR) is 447 cm³/mol. The van der Waals surface area contributed by atoms with Crippen molar-refractivity contribution in [2.75, 3.05) is 208 Å². The number of carboxylic acid groups (broad SMARTS) is 1. The highest BCUT2D eigenvalue weighted by Crippen LogP contribution is 2.24. The number of nitrogens with two attached hydrogens (primary N) is 2. The van der Waals surface area contributed by atoms with E-state index >= 15 is 0 Å². The predicted octanol–water partition coefficient (Wildman–Crippen LogP) is -6.29. The van der Waals surface area contributed by atoms with Crippen LogP contribution in [0.1, 0.15) is 49.7 Å². The lowest BCUT2D eigenvalue weighted by Gasteiger charge is -2.27. The van der Waals surface area contributed by atoms with Crippen LogP contribution < -0.4 is 85.9 Å².